The second-order valence-electron chi connectivity index (χ2n) is 5.02. The lowest BCUT2D eigenvalue weighted by atomic mass is 10.1. The summed E-state index contributed by atoms with van der Waals surface area (Å²) in [5.41, 5.74) is -0.700. The van der Waals surface area contributed by atoms with Crippen molar-refractivity contribution in [3.8, 4) is 6.07 Å². The molecule has 114 valence electrons. The molecule has 1 N–H and O–H groups in total. The van der Waals surface area contributed by atoms with E-state index in [2.05, 4.69) is 5.32 Å². The average molecular weight is 318 g/mol. The van der Waals surface area contributed by atoms with E-state index in [1.165, 1.54) is 6.07 Å². The van der Waals surface area contributed by atoms with Crippen molar-refractivity contribution >= 4 is 15.5 Å². The Balaban J connectivity index is 2.09. The third-order valence-corrected chi connectivity index (χ3v) is 5.21. The molecule has 1 aromatic rings. The Labute approximate surface area is 120 Å². The van der Waals surface area contributed by atoms with Crippen molar-refractivity contribution < 1.29 is 21.6 Å². The van der Waals surface area contributed by atoms with Gasteiger partial charge in [0, 0.05) is 6.54 Å². The van der Waals surface area contributed by atoms with Crippen molar-refractivity contribution in [2.45, 2.75) is 12.6 Å². The van der Waals surface area contributed by atoms with Crippen LogP contribution in [0.5, 0.6) is 0 Å². The molecule has 0 spiro atoms. The van der Waals surface area contributed by atoms with Crippen molar-refractivity contribution in [1.82, 2.24) is 0 Å². The third-order valence-electron chi connectivity index (χ3n) is 3.38. The second kappa shape index (κ2) is 5.56. The summed E-state index contributed by atoms with van der Waals surface area (Å²) < 4.78 is 60.3. The summed E-state index contributed by atoms with van der Waals surface area (Å²) in [4.78, 5) is 0. The van der Waals surface area contributed by atoms with Gasteiger partial charge in [-0.15, -0.1) is 0 Å². The van der Waals surface area contributed by atoms with Gasteiger partial charge in [-0.2, -0.15) is 18.4 Å². The maximum atomic E-state index is 12.6. The number of nitrogens with zero attached hydrogens (tertiary/aromatic N) is 1. The van der Waals surface area contributed by atoms with E-state index in [4.69, 9.17) is 5.26 Å². The summed E-state index contributed by atoms with van der Waals surface area (Å²) in [6.45, 7) is 0.319. The minimum atomic E-state index is -4.50. The van der Waals surface area contributed by atoms with Crippen LogP contribution in [0.4, 0.5) is 18.9 Å². The van der Waals surface area contributed by atoms with E-state index in [9.17, 15) is 21.6 Å². The molecule has 1 heterocycles. The molecule has 1 saturated heterocycles. The Morgan fingerprint density at radius 1 is 1.38 bits per heavy atom. The largest absolute Gasteiger partial charge is 0.416 e. The fourth-order valence-electron chi connectivity index (χ4n) is 2.25. The van der Waals surface area contributed by atoms with E-state index in [0.717, 1.165) is 12.1 Å². The van der Waals surface area contributed by atoms with Gasteiger partial charge in [-0.1, -0.05) is 0 Å². The molecule has 2 rings (SSSR count). The first-order valence-electron chi connectivity index (χ1n) is 6.27. The van der Waals surface area contributed by atoms with Crippen LogP contribution in [-0.4, -0.2) is 26.5 Å². The molecule has 1 unspecified atom stereocenters. The highest BCUT2D eigenvalue weighted by molar-refractivity contribution is 7.91. The number of sulfone groups is 1. The van der Waals surface area contributed by atoms with Crippen LogP contribution in [0.3, 0.4) is 0 Å². The van der Waals surface area contributed by atoms with Crippen molar-refractivity contribution in [3.63, 3.8) is 0 Å². The van der Waals surface area contributed by atoms with Gasteiger partial charge in [-0.25, -0.2) is 8.42 Å². The predicted molar refractivity (Wildman–Crippen MR) is 71.4 cm³/mol. The average Bonchev–Trinajstić information content (AvgIpc) is 2.74. The van der Waals surface area contributed by atoms with E-state index < -0.39 is 21.6 Å². The molecule has 0 radical (unpaired) electrons. The Bertz CT molecular complexity index is 678. The number of benzene rings is 1. The van der Waals surface area contributed by atoms with Gasteiger partial charge < -0.3 is 5.32 Å². The Kier molecular flexibility index (Phi) is 4.14. The molecule has 0 aliphatic carbocycles. The first-order valence-corrected chi connectivity index (χ1v) is 8.09. The third kappa shape index (κ3) is 3.88. The summed E-state index contributed by atoms with van der Waals surface area (Å²) in [5, 5.41) is 11.8. The zero-order chi connectivity index (χ0) is 15.7. The fourth-order valence-corrected chi connectivity index (χ4v) is 4.12. The molecule has 0 bridgehead atoms. The number of hydrogen-bond acceptors (Lipinski definition) is 4. The highest BCUT2D eigenvalue weighted by Crippen LogP contribution is 2.31. The first kappa shape index (κ1) is 15.6. The normalized spacial score (nSPS) is 21.0. The maximum absolute atomic E-state index is 12.6. The molecule has 1 aliphatic heterocycles. The van der Waals surface area contributed by atoms with E-state index in [0.29, 0.717) is 13.0 Å². The molecule has 1 aliphatic rings. The highest BCUT2D eigenvalue weighted by atomic mass is 32.2. The molecular weight excluding hydrogens is 305 g/mol. The van der Waals surface area contributed by atoms with Crippen LogP contribution >= 0.6 is 0 Å². The van der Waals surface area contributed by atoms with E-state index in [-0.39, 0.29) is 28.7 Å². The van der Waals surface area contributed by atoms with Crippen LogP contribution in [-0.2, 0) is 16.0 Å². The van der Waals surface area contributed by atoms with Crippen LogP contribution in [0.15, 0.2) is 18.2 Å². The number of hydrogen-bond donors (Lipinski definition) is 1. The minimum Gasteiger partial charge on any atom is -0.384 e. The summed E-state index contributed by atoms with van der Waals surface area (Å²) in [6, 6.07) is 4.60. The Morgan fingerprint density at radius 3 is 2.62 bits per heavy atom. The number of alkyl halides is 3. The second-order valence-corrected chi connectivity index (χ2v) is 7.25. The molecule has 1 atom stereocenters. The van der Waals surface area contributed by atoms with Crippen LogP contribution < -0.4 is 5.32 Å². The lowest BCUT2D eigenvalue weighted by Gasteiger charge is -2.14. The summed E-state index contributed by atoms with van der Waals surface area (Å²) in [5.74, 6) is 0.129. The molecule has 4 nitrogen and oxygen atoms in total. The van der Waals surface area contributed by atoms with Crippen molar-refractivity contribution in [2.24, 2.45) is 5.92 Å². The lowest BCUT2D eigenvalue weighted by molar-refractivity contribution is -0.137. The lowest BCUT2D eigenvalue weighted by Crippen LogP contribution is -2.16. The number of anilines is 1. The van der Waals surface area contributed by atoms with Gasteiger partial charge in [-0.3, -0.25) is 0 Å². The van der Waals surface area contributed by atoms with E-state index in [1.807, 2.05) is 0 Å². The summed E-state index contributed by atoms with van der Waals surface area (Å²) >= 11 is 0. The van der Waals surface area contributed by atoms with Crippen molar-refractivity contribution in [1.29, 1.82) is 5.26 Å². The molecule has 8 heteroatoms. The molecule has 0 saturated carbocycles. The van der Waals surface area contributed by atoms with Gasteiger partial charge in [-0.05, 0) is 30.5 Å². The van der Waals surface area contributed by atoms with Gasteiger partial charge >= 0.3 is 6.18 Å². The standard InChI is InChI=1S/C13H13F3N2O2S/c14-13(15,16)11-1-2-12(10(5-11)6-17)18-7-9-3-4-21(19,20)8-9/h1-2,5,9,18H,3-4,7-8H2. The maximum Gasteiger partial charge on any atom is 0.416 e. The highest BCUT2D eigenvalue weighted by Gasteiger charge is 2.31. The van der Waals surface area contributed by atoms with Gasteiger partial charge in [0.25, 0.3) is 0 Å². The minimum absolute atomic E-state index is 0.0719. The smallest absolute Gasteiger partial charge is 0.384 e. The topological polar surface area (TPSA) is 70.0 Å². The zero-order valence-electron chi connectivity index (χ0n) is 10.9. The monoisotopic (exact) mass is 318 g/mol. The summed E-state index contributed by atoms with van der Waals surface area (Å²) in [7, 11) is -3.00. The van der Waals surface area contributed by atoms with Crippen LogP contribution in [0.1, 0.15) is 17.5 Å². The van der Waals surface area contributed by atoms with Crippen molar-refractivity contribution in [2.75, 3.05) is 23.4 Å². The summed E-state index contributed by atoms with van der Waals surface area (Å²) in [6.07, 6.45) is -3.97. The number of rotatable bonds is 3. The van der Waals surface area contributed by atoms with Gasteiger partial charge in [0.2, 0.25) is 0 Å². The zero-order valence-corrected chi connectivity index (χ0v) is 11.8. The van der Waals surface area contributed by atoms with Gasteiger partial charge in [0.1, 0.15) is 6.07 Å². The molecule has 0 amide bonds. The van der Waals surface area contributed by atoms with Gasteiger partial charge in [0.15, 0.2) is 9.84 Å². The predicted octanol–water partition coefficient (Wildman–Crippen LogP) is 2.42. The molecule has 21 heavy (non-hydrogen) atoms. The molecule has 1 aromatic carbocycles. The quantitative estimate of drug-likeness (QED) is 0.929. The van der Waals surface area contributed by atoms with E-state index in [1.54, 1.807) is 6.07 Å². The number of halogens is 3. The molecule has 0 aromatic heterocycles. The fraction of sp³-hybridized carbons (Fsp3) is 0.462. The number of nitriles is 1. The Morgan fingerprint density at radius 2 is 2.10 bits per heavy atom. The number of nitrogens with one attached hydrogen (secondary N) is 1. The Hall–Kier alpha value is -1.75. The van der Waals surface area contributed by atoms with Crippen LogP contribution in [0, 0.1) is 17.2 Å². The van der Waals surface area contributed by atoms with Crippen LogP contribution in [0.2, 0.25) is 0 Å². The SMILES string of the molecule is N#Cc1cc(C(F)(F)F)ccc1NCC1CCS(=O)(=O)C1. The molecule has 1 fully saturated rings. The van der Waals surface area contributed by atoms with Crippen LogP contribution in [0.25, 0.3) is 0 Å². The first-order chi connectivity index (χ1) is 9.71. The van der Waals surface area contributed by atoms with Crippen molar-refractivity contribution in [3.05, 3.63) is 29.3 Å². The molecular formula is C13H13F3N2O2S. The van der Waals surface area contributed by atoms with Gasteiger partial charge in [0.05, 0.1) is 28.3 Å². The van der Waals surface area contributed by atoms with E-state index >= 15 is 0 Å².